The quantitative estimate of drug-likeness (QED) is 0.690. The third-order valence-corrected chi connectivity index (χ3v) is 5.52. The van der Waals surface area contributed by atoms with Crippen LogP contribution in [-0.2, 0) is 13.0 Å². The summed E-state index contributed by atoms with van der Waals surface area (Å²) in [5.41, 5.74) is 1.96. The molecule has 3 rings (SSSR count). The molecule has 1 aliphatic rings. The number of carbonyl (C=O) groups is 1. The zero-order valence-electron chi connectivity index (χ0n) is 17.1. The summed E-state index contributed by atoms with van der Waals surface area (Å²) in [6.07, 6.45) is 9.98. The zero-order chi connectivity index (χ0) is 20.6. The fourth-order valence-corrected chi connectivity index (χ4v) is 3.90. The van der Waals surface area contributed by atoms with Gasteiger partial charge in [-0.05, 0) is 37.0 Å². The normalized spacial score (nSPS) is 14.7. The summed E-state index contributed by atoms with van der Waals surface area (Å²) < 4.78 is 10.7. The van der Waals surface area contributed by atoms with Gasteiger partial charge in [0.15, 0.2) is 17.2 Å². The molecular weight excluding hydrogens is 370 g/mol. The molecule has 7 heteroatoms. The fraction of sp³-hybridized carbons (Fsp3) is 0.500. The van der Waals surface area contributed by atoms with Gasteiger partial charge in [-0.2, -0.15) is 0 Å². The third-order valence-electron chi connectivity index (χ3n) is 5.52. The Kier molecular flexibility index (Phi) is 7.41. The van der Waals surface area contributed by atoms with Gasteiger partial charge >= 0.3 is 5.97 Å². The van der Waals surface area contributed by atoms with Gasteiger partial charge in [0, 0.05) is 19.1 Å². The minimum absolute atomic E-state index is 0.0247. The van der Waals surface area contributed by atoms with E-state index in [1.54, 1.807) is 20.4 Å². The van der Waals surface area contributed by atoms with Crippen molar-refractivity contribution in [2.45, 2.75) is 51.1 Å². The number of rotatable bonds is 9. The predicted octanol–water partition coefficient (Wildman–Crippen LogP) is 3.57. The SMILES string of the molecule is COc1ccc(CCN(Cc2cnc(C(=O)O)cn2)C2CCCCC2)cc1OC. The van der Waals surface area contributed by atoms with Crippen LogP contribution in [0.5, 0.6) is 11.5 Å². The van der Waals surface area contributed by atoms with Crippen LogP contribution in [0.1, 0.15) is 53.8 Å². The summed E-state index contributed by atoms with van der Waals surface area (Å²) in [5, 5.41) is 9.02. The molecule has 156 valence electrons. The van der Waals surface area contributed by atoms with Crippen molar-refractivity contribution in [3.05, 3.63) is 47.5 Å². The predicted molar refractivity (Wildman–Crippen MR) is 110 cm³/mol. The van der Waals surface area contributed by atoms with Crippen LogP contribution in [0.25, 0.3) is 0 Å². The number of carboxylic acids is 1. The van der Waals surface area contributed by atoms with Crippen LogP contribution in [0.15, 0.2) is 30.6 Å². The molecule has 1 aromatic heterocycles. The van der Waals surface area contributed by atoms with Gasteiger partial charge in [-0.1, -0.05) is 25.3 Å². The van der Waals surface area contributed by atoms with E-state index in [4.69, 9.17) is 14.6 Å². The lowest BCUT2D eigenvalue weighted by molar-refractivity contribution is 0.0689. The molecule has 0 aliphatic heterocycles. The Balaban J connectivity index is 1.71. The lowest BCUT2D eigenvalue weighted by Gasteiger charge is -2.34. The van der Waals surface area contributed by atoms with Crippen LogP contribution >= 0.6 is 0 Å². The average molecular weight is 399 g/mol. The van der Waals surface area contributed by atoms with Crippen LogP contribution in [0, 0.1) is 0 Å². The Morgan fingerprint density at radius 3 is 2.48 bits per heavy atom. The number of methoxy groups -OCH3 is 2. The number of aromatic carboxylic acids is 1. The van der Waals surface area contributed by atoms with Gasteiger partial charge in [0.2, 0.25) is 0 Å². The van der Waals surface area contributed by atoms with Crippen molar-refractivity contribution in [2.24, 2.45) is 0 Å². The monoisotopic (exact) mass is 399 g/mol. The molecule has 0 radical (unpaired) electrons. The first-order valence-corrected chi connectivity index (χ1v) is 10.1. The second-order valence-electron chi connectivity index (χ2n) is 7.40. The van der Waals surface area contributed by atoms with E-state index in [1.807, 2.05) is 12.1 Å². The molecular formula is C22H29N3O4. The molecule has 0 unspecified atom stereocenters. The minimum atomic E-state index is -1.05. The van der Waals surface area contributed by atoms with Gasteiger partial charge in [0.1, 0.15) is 0 Å². The second-order valence-corrected chi connectivity index (χ2v) is 7.40. The number of ether oxygens (including phenoxy) is 2. The molecule has 7 nitrogen and oxygen atoms in total. The molecule has 0 atom stereocenters. The maximum atomic E-state index is 11.0. The molecule has 0 spiro atoms. The summed E-state index contributed by atoms with van der Waals surface area (Å²) in [7, 11) is 3.29. The molecule has 0 saturated heterocycles. The molecule has 0 bridgehead atoms. The number of hydrogen-bond donors (Lipinski definition) is 1. The van der Waals surface area contributed by atoms with E-state index in [0.717, 1.165) is 30.2 Å². The highest BCUT2D eigenvalue weighted by molar-refractivity contribution is 5.84. The first kappa shape index (κ1) is 21.0. The molecule has 29 heavy (non-hydrogen) atoms. The Hall–Kier alpha value is -2.67. The van der Waals surface area contributed by atoms with Crippen LogP contribution < -0.4 is 9.47 Å². The van der Waals surface area contributed by atoms with Crippen molar-refractivity contribution in [2.75, 3.05) is 20.8 Å². The highest BCUT2D eigenvalue weighted by Gasteiger charge is 2.22. The van der Waals surface area contributed by atoms with Gasteiger partial charge in [0.25, 0.3) is 0 Å². The highest BCUT2D eigenvalue weighted by Crippen LogP contribution is 2.28. The van der Waals surface area contributed by atoms with Crippen molar-refractivity contribution >= 4 is 5.97 Å². The van der Waals surface area contributed by atoms with Crippen LogP contribution in [-0.4, -0.2) is 52.7 Å². The maximum absolute atomic E-state index is 11.0. The zero-order valence-corrected chi connectivity index (χ0v) is 17.1. The molecule has 1 aliphatic carbocycles. The molecule has 1 N–H and O–H groups in total. The van der Waals surface area contributed by atoms with Gasteiger partial charge in [0.05, 0.1) is 32.3 Å². The van der Waals surface area contributed by atoms with Crippen LogP contribution in [0.4, 0.5) is 0 Å². The Morgan fingerprint density at radius 2 is 1.86 bits per heavy atom. The van der Waals surface area contributed by atoms with E-state index in [-0.39, 0.29) is 5.69 Å². The van der Waals surface area contributed by atoms with E-state index in [2.05, 4.69) is 20.9 Å². The topological polar surface area (TPSA) is 84.8 Å². The molecule has 0 amide bonds. The largest absolute Gasteiger partial charge is 0.493 e. The molecule has 2 aromatic rings. The van der Waals surface area contributed by atoms with Crippen molar-refractivity contribution in [1.82, 2.24) is 14.9 Å². The molecule has 1 saturated carbocycles. The summed E-state index contributed by atoms with van der Waals surface area (Å²) in [5.74, 6) is 0.417. The third kappa shape index (κ3) is 5.67. The van der Waals surface area contributed by atoms with Crippen LogP contribution in [0.2, 0.25) is 0 Å². The van der Waals surface area contributed by atoms with Gasteiger partial charge in [-0.25, -0.2) is 9.78 Å². The van der Waals surface area contributed by atoms with E-state index in [9.17, 15) is 4.79 Å². The summed E-state index contributed by atoms with van der Waals surface area (Å²) in [6.45, 7) is 1.56. The van der Waals surface area contributed by atoms with Crippen LogP contribution in [0.3, 0.4) is 0 Å². The number of nitrogens with zero attached hydrogens (tertiary/aromatic N) is 3. The lowest BCUT2D eigenvalue weighted by Crippen LogP contribution is -2.38. The fourth-order valence-electron chi connectivity index (χ4n) is 3.90. The Bertz CT molecular complexity index is 804. The standard InChI is InChI=1S/C22H29N3O4/c1-28-20-9-8-16(12-21(20)29-2)10-11-25(18-6-4-3-5-7-18)15-17-13-24-19(14-23-17)22(26)27/h8-9,12-14,18H,3-7,10-11,15H2,1-2H3,(H,26,27). The molecule has 1 fully saturated rings. The highest BCUT2D eigenvalue weighted by atomic mass is 16.5. The summed E-state index contributed by atoms with van der Waals surface area (Å²) >= 11 is 0. The first-order chi connectivity index (χ1) is 14.1. The Morgan fingerprint density at radius 1 is 1.10 bits per heavy atom. The number of benzene rings is 1. The van der Waals surface area contributed by atoms with Gasteiger partial charge in [-0.15, -0.1) is 0 Å². The summed E-state index contributed by atoms with van der Waals surface area (Å²) in [6, 6.07) is 6.56. The number of hydrogen-bond acceptors (Lipinski definition) is 6. The van der Waals surface area contributed by atoms with Crippen molar-refractivity contribution in [1.29, 1.82) is 0 Å². The minimum Gasteiger partial charge on any atom is -0.493 e. The van der Waals surface area contributed by atoms with E-state index in [0.29, 0.717) is 12.6 Å². The van der Waals surface area contributed by atoms with Crippen molar-refractivity contribution < 1.29 is 19.4 Å². The van der Waals surface area contributed by atoms with Gasteiger partial charge < -0.3 is 14.6 Å². The summed E-state index contributed by atoms with van der Waals surface area (Å²) in [4.78, 5) is 21.8. The number of carboxylic acid groups (broad SMARTS) is 1. The Labute approximate surface area is 171 Å². The van der Waals surface area contributed by atoms with Crippen molar-refractivity contribution in [3.63, 3.8) is 0 Å². The van der Waals surface area contributed by atoms with E-state index >= 15 is 0 Å². The van der Waals surface area contributed by atoms with E-state index < -0.39 is 5.97 Å². The second kappa shape index (κ2) is 10.2. The molecule has 1 aromatic carbocycles. The first-order valence-electron chi connectivity index (χ1n) is 10.1. The van der Waals surface area contributed by atoms with Gasteiger partial charge in [-0.3, -0.25) is 9.88 Å². The lowest BCUT2D eigenvalue weighted by atomic mass is 9.93. The maximum Gasteiger partial charge on any atom is 0.356 e. The number of aromatic nitrogens is 2. The molecule has 1 heterocycles. The van der Waals surface area contributed by atoms with Crippen molar-refractivity contribution in [3.8, 4) is 11.5 Å². The smallest absolute Gasteiger partial charge is 0.356 e. The van der Waals surface area contributed by atoms with E-state index in [1.165, 1.54) is 43.9 Å². The average Bonchev–Trinajstić information content (AvgIpc) is 2.77.